The van der Waals surface area contributed by atoms with Gasteiger partial charge in [-0.2, -0.15) is 0 Å². The quantitative estimate of drug-likeness (QED) is 0.692. The molecular weight excluding hydrogens is 306 g/mol. The SMILES string of the molecule is CC1(C)C2OCCCC2C1(N)C(=O)NCC(=O)NC1CC1.Cl. The number of ether oxygens (including phenoxy) is 1. The molecule has 3 atom stereocenters. The molecule has 0 bridgehead atoms. The summed E-state index contributed by atoms with van der Waals surface area (Å²) in [5.41, 5.74) is 5.10. The average molecular weight is 332 g/mol. The monoisotopic (exact) mass is 331 g/mol. The Bertz CT molecular complexity index is 467. The second kappa shape index (κ2) is 5.98. The van der Waals surface area contributed by atoms with Gasteiger partial charge in [0.25, 0.3) is 0 Å². The molecule has 1 heterocycles. The van der Waals surface area contributed by atoms with Crippen LogP contribution in [0.5, 0.6) is 0 Å². The van der Waals surface area contributed by atoms with Crippen LogP contribution in [0, 0.1) is 11.3 Å². The van der Waals surface area contributed by atoms with Crippen molar-refractivity contribution in [1.29, 1.82) is 0 Å². The van der Waals surface area contributed by atoms with E-state index in [-0.39, 0.29) is 42.8 Å². The van der Waals surface area contributed by atoms with Gasteiger partial charge in [-0.15, -0.1) is 12.4 Å². The van der Waals surface area contributed by atoms with Gasteiger partial charge in [-0.3, -0.25) is 9.59 Å². The van der Waals surface area contributed by atoms with Crippen molar-refractivity contribution in [2.24, 2.45) is 17.1 Å². The minimum Gasteiger partial charge on any atom is -0.377 e. The Morgan fingerprint density at radius 2 is 1.95 bits per heavy atom. The number of fused-ring (bicyclic) bond motifs is 1. The van der Waals surface area contributed by atoms with Crippen molar-refractivity contribution in [3.63, 3.8) is 0 Å². The van der Waals surface area contributed by atoms with E-state index in [1.54, 1.807) is 0 Å². The number of carbonyl (C=O) groups excluding carboxylic acids is 2. The van der Waals surface area contributed by atoms with E-state index in [0.717, 1.165) is 32.3 Å². The predicted octanol–water partition coefficient (Wildman–Crippen LogP) is 0.336. The van der Waals surface area contributed by atoms with Crippen molar-refractivity contribution in [1.82, 2.24) is 10.6 Å². The summed E-state index contributed by atoms with van der Waals surface area (Å²) in [4.78, 5) is 24.2. The van der Waals surface area contributed by atoms with E-state index in [0.29, 0.717) is 6.04 Å². The maximum absolute atomic E-state index is 12.6. The fourth-order valence-electron chi connectivity index (χ4n) is 3.85. The Morgan fingerprint density at radius 1 is 1.27 bits per heavy atom. The second-order valence-corrected chi connectivity index (χ2v) is 7.16. The van der Waals surface area contributed by atoms with Crippen LogP contribution in [0.25, 0.3) is 0 Å². The zero-order valence-electron chi connectivity index (χ0n) is 13.2. The minimum absolute atomic E-state index is 0. The fraction of sp³-hybridized carbons (Fsp3) is 0.867. The largest absolute Gasteiger partial charge is 0.377 e. The van der Waals surface area contributed by atoms with Crippen LogP contribution in [0.15, 0.2) is 0 Å². The lowest BCUT2D eigenvalue weighted by molar-refractivity contribution is -0.225. The smallest absolute Gasteiger partial charge is 0.241 e. The number of halogens is 1. The number of nitrogens with one attached hydrogen (secondary N) is 2. The van der Waals surface area contributed by atoms with Crippen molar-refractivity contribution in [3.05, 3.63) is 0 Å². The first-order valence-electron chi connectivity index (χ1n) is 7.85. The van der Waals surface area contributed by atoms with Gasteiger partial charge >= 0.3 is 0 Å². The van der Waals surface area contributed by atoms with E-state index in [1.807, 2.05) is 13.8 Å². The first-order chi connectivity index (χ1) is 9.87. The zero-order chi connectivity index (χ0) is 15.3. The highest BCUT2D eigenvalue weighted by Gasteiger charge is 2.70. The maximum Gasteiger partial charge on any atom is 0.241 e. The molecule has 22 heavy (non-hydrogen) atoms. The zero-order valence-corrected chi connectivity index (χ0v) is 14.0. The summed E-state index contributed by atoms with van der Waals surface area (Å²) in [5.74, 6) is -0.319. The summed E-state index contributed by atoms with van der Waals surface area (Å²) in [6.45, 7) is 4.70. The van der Waals surface area contributed by atoms with Gasteiger partial charge < -0.3 is 21.1 Å². The van der Waals surface area contributed by atoms with Gasteiger partial charge in [-0.25, -0.2) is 0 Å². The van der Waals surface area contributed by atoms with Crippen LogP contribution in [-0.2, 0) is 14.3 Å². The molecule has 0 aromatic carbocycles. The number of nitrogens with two attached hydrogens (primary N) is 1. The van der Waals surface area contributed by atoms with Crippen LogP contribution in [0.2, 0.25) is 0 Å². The summed E-state index contributed by atoms with van der Waals surface area (Å²) in [7, 11) is 0. The van der Waals surface area contributed by atoms with Crippen molar-refractivity contribution >= 4 is 24.2 Å². The van der Waals surface area contributed by atoms with Crippen LogP contribution in [-0.4, -0.2) is 42.7 Å². The molecule has 1 aliphatic heterocycles. The third-order valence-electron chi connectivity index (χ3n) is 5.41. The molecule has 3 aliphatic rings. The molecule has 2 aliphatic carbocycles. The Balaban J connectivity index is 0.00000176. The molecule has 0 aromatic rings. The Labute approximate surface area is 137 Å². The summed E-state index contributed by atoms with van der Waals surface area (Å²) < 4.78 is 5.78. The Kier molecular flexibility index (Phi) is 4.76. The highest BCUT2D eigenvalue weighted by molar-refractivity contribution is 5.92. The fourth-order valence-corrected chi connectivity index (χ4v) is 3.85. The van der Waals surface area contributed by atoms with Crippen molar-refractivity contribution in [3.8, 4) is 0 Å². The van der Waals surface area contributed by atoms with Gasteiger partial charge in [0.1, 0.15) is 5.54 Å². The molecule has 3 fully saturated rings. The van der Waals surface area contributed by atoms with Gasteiger partial charge in [0.05, 0.1) is 12.6 Å². The summed E-state index contributed by atoms with van der Waals surface area (Å²) in [6.07, 6.45) is 3.96. The van der Waals surface area contributed by atoms with Gasteiger partial charge in [-0.05, 0) is 25.7 Å². The van der Waals surface area contributed by atoms with Crippen LogP contribution in [0.4, 0.5) is 0 Å². The Hall–Kier alpha value is -0.850. The molecular formula is C15H26ClN3O3. The van der Waals surface area contributed by atoms with Crippen molar-refractivity contribution < 1.29 is 14.3 Å². The van der Waals surface area contributed by atoms with Gasteiger partial charge in [0.2, 0.25) is 11.8 Å². The Morgan fingerprint density at radius 3 is 2.59 bits per heavy atom. The lowest BCUT2D eigenvalue weighted by atomic mass is 9.46. The standard InChI is InChI=1S/C15H25N3O3.ClH/c1-14(2)12-10(4-3-7-21-12)15(14,16)13(20)17-8-11(19)18-9-5-6-9;/h9-10,12H,3-8,16H2,1-2H3,(H,17,20)(H,18,19);1H. The topological polar surface area (TPSA) is 93.4 Å². The predicted molar refractivity (Wildman–Crippen MR) is 84.6 cm³/mol. The van der Waals surface area contributed by atoms with Gasteiger partial charge in [0, 0.05) is 24.0 Å². The minimum atomic E-state index is -0.946. The normalized spacial score (nSPS) is 35.4. The molecule has 2 saturated carbocycles. The van der Waals surface area contributed by atoms with E-state index in [2.05, 4.69) is 10.6 Å². The molecule has 0 aromatic heterocycles. The molecule has 3 unspecified atom stereocenters. The van der Waals surface area contributed by atoms with Gasteiger partial charge in [0.15, 0.2) is 0 Å². The molecule has 0 radical (unpaired) electrons. The first-order valence-corrected chi connectivity index (χ1v) is 7.85. The maximum atomic E-state index is 12.6. The van der Waals surface area contributed by atoms with Crippen LogP contribution in [0.3, 0.4) is 0 Å². The third-order valence-corrected chi connectivity index (χ3v) is 5.41. The molecule has 4 N–H and O–H groups in total. The van der Waals surface area contributed by atoms with Gasteiger partial charge in [-0.1, -0.05) is 13.8 Å². The van der Waals surface area contributed by atoms with E-state index < -0.39 is 11.0 Å². The van der Waals surface area contributed by atoms with Crippen molar-refractivity contribution in [2.45, 2.75) is 57.2 Å². The number of hydrogen-bond acceptors (Lipinski definition) is 4. The molecule has 1 saturated heterocycles. The summed E-state index contributed by atoms with van der Waals surface area (Å²) in [5, 5.41) is 5.57. The second-order valence-electron chi connectivity index (χ2n) is 7.16. The van der Waals surface area contributed by atoms with E-state index in [1.165, 1.54) is 0 Å². The van der Waals surface area contributed by atoms with E-state index in [4.69, 9.17) is 10.5 Å². The molecule has 2 amide bonds. The summed E-state index contributed by atoms with van der Waals surface area (Å²) in [6, 6.07) is 0.303. The van der Waals surface area contributed by atoms with Crippen LogP contribution >= 0.6 is 12.4 Å². The van der Waals surface area contributed by atoms with E-state index in [9.17, 15) is 9.59 Å². The van der Waals surface area contributed by atoms with Crippen LogP contribution in [0.1, 0.15) is 39.5 Å². The molecule has 3 rings (SSSR count). The third kappa shape index (κ3) is 2.61. The highest BCUT2D eigenvalue weighted by Crippen LogP contribution is 2.57. The number of carbonyl (C=O) groups is 2. The lowest BCUT2D eigenvalue weighted by Crippen LogP contribution is -2.82. The number of hydrogen-bond donors (Lipinski definition) is 3. The molecule has 0 spiro atoms. The number of rotatable bonds is 4. The lowest BCUT2D eigenvalue weighted by Gasteiger charge is -2.65. The molecule has 6 nitrogen and oxygen atoms in total. The summed E-state index contributed by atoms with van der Waals surface area (Å²) >= 11 is 0. The van der Waals surface area contributed by atoms with Crippen molar-refractivity contribution in [2.75, 3.05) is 13.2 Å². The number of amides is 2. The van der Waals surface area contributed by atoms with Crippen LogP contribution < -0.4 is 16.4 Å². The molecule has 7 heteroatoms. The highest BCUT2D eigenvalue weighted by atomic mass is 35.5. The average Bonchev–Trinajstić information content (AvgIpc) is 3.27. The first kappa shape index (κ1) is 17.5. The molecule has 126 valence electrons. The van der Waals surface area contributed by atoms with E-state index >= 15 is 0 Å².